The number of ether oxygens (including phenoxy) is 1. The van der Waals surface area contributed by atoms with Gasteiger partial charge in [0.15, 0.2) is 5.82 Å². The SMILES string of the molecule is COc1ccccc1CCC(=O)N1CCC2(CC1)Nc1cccnc1NC2=NC1CCCC1. The second kappa shape index (κ2) is 9.41. The molecule has 1 aromatic heterocycles. The normalized spacial score (nSPS) is 20.9. The monoisotopic (exact) mass is 447 g/mol. The molecule has 1 aliphatic carbocycles. The Hall–Kier alpha value is -3.09. The van der Waals surface area contributed by atoms with Crippen LogP contribution in [0.1, 0.15) is 50.5 Å². The molecule has 2 N–H and O–H groups in total. The van der Waals surface area contributed by atoms with E-state index in [1.54, 1.807) is 7.11 Å². The molecule has 2 fully saturated rings. The number of aliphatic imine (C=N–C) groups is 1. The zero-order chi connectivity index (χ0) is 22.7. The predicted molar refractivity (Wildman–Crippen MR) is 131 cm³/mol. The number of rotatable bonds is 5. The summed E-state index contributed by atoms with van der Waals surface area (Å²) in [6.45, 7) is 1.44. The van der Waals surface area contributed by atoms with Gasteiger partial charge in [-0.25, -0.2) is 4.98 Å². The second-order valence-electron chi connectivity index (χ2n) is 9.34. The summed E-state index contributed by atoms with van der Waals surface area (Å²) in [7, 11) is 1.67. The summed E-state index contributed by atoms with van der Waals surface area (Å²) in [6, 6.07) is 12.3. The van der Waals surface area contributed by atoms with Gasteiger partial charge in [0.05, 0.1) is 24.4 Å². The topological polar surface area (TPSA) is 78.8 Å². The van der Waals surface area contributed by atoms with Gasteiger partial charge in [0, 0.05) is 25.7 Å². The van der Waals surface area contributed by atoms with Crippen LogP contribution in [-0.2, 0) is 11.2 Å². The van der Waals surface area contributed by atoms with E-state index in [0.29, 0.717) is 18.9 Å². The van der Waals surface area contributed by atoms with Crippen LogP contribution in [0, 0.1) is 0 Å². The molecule has 5 rings (SSSR count). The molecule has 174 valence electrons. The average Bonchev–Trinajstić information content (AvgIpc) is 3.37. The van der Waals surface area contributed by atoms with Crippen LogP contribution in [0.2, 0.25) is 0 Å². The average molecular weight is 448 g/mol. The highest BCUT2D eigenvalue weighted by Gasteiger charge is 2.44. The van der Waals surface area contributed by atoms with E-state index < -0.39 is 0 Å². The fraction of sp³-hybridized carbons (Fsp3) is 0.500. The third kappa shape index (κ3) is 4.54. The summed E-state index contributed by atoms with van der Waals surface area (Å²) in [5, 5.41) is 7.31. The van der Waals surface area contributed by atoms with Gasteiger partial charge in [0.1, 0.15) is 11.6 Å². The van der Waals surface area contributed by atoms with Crippen molar-refractivity contribution in [3.8, 4) is 5.75 Å². The number of carbonyl (C=O) groups is 1. The standard InChI is InChI=1S/C26H33N5O2/c1-33-22-11-5-2-7-19(22)12-13-23(32)31-17-14-26(15-18-31)25(28-20-8-3-4-9-20)29-24-21(30-26)10-6-16-27-24/h2,5-7,10-11,16,20,30H,3-4,8-9,12-15,17-18H2,1H3,(H,27,28,29). The number of pyridine rings is 1. The van der Waals surface area contributed by atoms with Crippen LogP contribution < -0.4 is 15.4 Å². The predicted octanol–water partition coefficient (Wildman–Crippen LogP) is 4.26. The lowest BCUT2D eigenvalue weighted by Crippen LogP contribution is -2.59. The number of amides is 1. The number of carbonyl (C=O) groups excluding carboxylic acids is 1. The molecule has 33 heavy (non-hydrogen) atoms. The van der Waals surface area contributed by atoms with Gasteiger partial charge in [-0.1, -0.05) is 31.0 Å². The molecule has 3 heterocycles. The molecular formula is C26H33N5O2. The first kappa shape index (κ1) is 21.7. The molecule has 0 bridgehead atoms. The second-order valence-corrected chi connectivity index (χ2v) is 9.34. The zero-order valence-electron chi connectivity index (χ0n) is 19.3. The van der Waals surface area contributed by atoms with Crippen molar-refractivity contribution < 1.29 is 9.53 Å². The lowest BCUT2D eigenvalue weighted by molar-refractivity contribution is -0.132. The highest BCUT2D eigenvalue weighted by atomic mass is 16.5. The number of piperidine rings is 1. The van der Waals surface area contributed by atoms with Gasteiger partial charge in [-0.05, 0) is 55.9 Å². The van der Waals surface area contributed by atoms with Crippen molar-refractivity contribution >= 4 is 23.2 Å². The molecule has 0 radical (unpaired) electrons. The number of benzene rings is 1. The highest BCUT2D eigenvalue weighted by Crippen LogP contribution is 2.37. The Bertz CT molecular complexity index is 1020. The summed E-state index contributed by atoms with van der Waals surface area (Å²) in [5.74, 6) is 2.90. The first-order chi connectivity index (χ1) is 16.2. The zero-order valence-corrected chi connectivity index (χ0v) is 19.3. The van der Waals surface area contributed by atoms with Crippen LogP contribution in [-0.4, -0.2) is 53.4 Å². The Balaban J connectivity index is 1.27. The number of aromatic nitrogens is 1. The van der Waals surface area contributed by atoms with Crippen molar-refractivity contribution in [3.05, 3.63) is 48.2 Å². The number of methoxy groups -OCH3 is 1. The molecule has 3 aliphatic rings. The van der Waals surface area contributed by atoms with Gasteiger partial charge < -0.3 is 20.3 Å². The number of aryl methyl sites for hydroxylation is 1. The number of nitrogens with zero attached hydrogens (tertiary/aromatic N) is 3. The minimum atomic E-state index is -0.266. The number of amidine groups is 1. The molecule has 7 heteroatoms. The summed E-state index contributed by atoms with van der Waals surface area (Å²) in [4.78, 5) is 24.7. The Labute approximate surface area is 195 Å². The van der Waals surface area contributed by atoms with Gasteiger partial charge in [-0.3, -0.25) is 9.79 Å². The van der Waals surface area contributed by atoms with Crippen LogP contribution in [0.15, 0.2) is 47.6 Å². The Morgan fingerprint density at radius 3 is 2.76 bits per heavy atom. The summed E-state index contributed by atoms with van der Waals surface area (Å²) < 4.78 is 5.43. The molecule has 2 aromatic rings. The third-order valence-electron chi connectivity index (χ3n) is 7.28. The molecule has 1 spiro atoms. The smallest absolute Gasteiger partial charge is 0.222 e. The van der Waals surface area contributed by atoms with E-state index in [1.165, 1.54) is 12.8 Å². The van der Waals surface area contributed by atoms with Gasteiger partial charge in [-0.2, -0.15) is 0 Å². The maximum atomic E-state index is 13.0. The summed E-state index contributed by atoms with van der Waals surface area (Å²) in [6.07, 6.45) is 9.49. The van der Waals surface area contributed by atoms with Crippen molar-refractivity contribution in [2.75, 3.05) is 30.8 Å². The molecular weight excluding hydrogens is 414 g/mol. The molecule has 0 atom stereocenters. The van der Waals surface area contributed by atoms with Crippen LogP contribution in [0.4, 0.5) is 11.5 Å². The third-order valence-corrected chi connectivity index (χ3v) is 7.28. The van der Waals surface area contributed by atoms with Crippen LogP contribution in [0.5, 0.6) is 5.75 Å². The molecule has 1 amide bonds. The van der Waals surface area contributed by atoms with E-state index in [-0.39, 0.29) is 11.4 Å². The van der Waals surface area contributed by atoms with E-state index in [0.717, 1.165) is 67.4 Å². The van der Waals surface area contributed by atoms with Gasteiger partial charge in [0.25, 0.3) is 0 Å². The number of nitrogens with one attached hydrogen (secondary N) is 2. The minimum absolute atomic E-state index is 0.205. The Morgan fingerprint density at radius 2 is 1.97 bits per heavy atom. The minimum Gasteiger partial charge on any atom is -0.496 e. The van der Waals surface area contributed by atoms with E-state index in [2.05, 4.69) is 21.7 Å². The summed E-state index contributed by atoms with van der Waals surface area (Å²) in [5.41, 5.74) is 1.83. The first-order valence-electron chi connectivity index (χ1n) is 12.1. The number of hydrogen-bond donors (Lipinski definition) is 2. The number of hydrogen-bond acceptors (Lipinski definition) is 5. The highest BCUT2D eigenvalue weighted by molar-refractivity contribution is 6.08. The first-order valence-corrected chi connectivity index (χ1v) is 12.1. The van der Waals surface area contributed by atoms with Crippen LogP contribution in [0.3, 0.4) is 0 Å². The molecule has 1 saturated carbocycles. The van der Waals surface area contributed by atoms with Crippen molar-refractivity contribution in [2.24, 2.45) is 4.99 Å². The quantitative estimate of drug-likeness (QED) is 0.716. The molecule has 2 aliphatic heterocycles. The maximum absolute atomic E-state index is 13.0. The van der Waals surface area contributed by atoms with Crippen molar-refractivity contribution in [2.45, 2.75) is 62.9 Å². The number of likely N-dealkylation sites (tertiary alicyclic amines) is 1. The molecule has 0 unspecified atom stereocenters. The van der Waals surface area contributed by atoms with Gasteiger partial charge >= 0.3 is 0 Å². The van der Waals surface area contributed by atoms with E-state index in [9.17, 15) is 4.79 Å². The van der Waals surface area contributed by atoms with E-state index >= 15 is 0 Å². The Kier molecular flexibility index (Phi) is 6.20. The van der Waals surface area contributed by atoms with Gasteiger partial charge in [-0.15, -0.1) is 0 Å². The van der Waals surface area contributed by atoms with Crippen molar-refractivity contribution in [1.29, 1.82) is 0 Å². The largest absolute Gasteiger partial charge is 0.496 e. The number of anilines is 2. The maximum Gasteiger partial charge on any atom is 0.222 e. The summed E-state index contributed by atoms with van der Waals surface area (Å²) >= 11 is 0. The molecule has 1 saturated heterocycles. The Morgan fingerprint density at radius 1 is 1.18 bits per heavy atom. The fourth-order valence-electron chi connectivity index (χ4n) is 5.34. The van der Waals surface area contributed by atoms with Crippen molar-refractivity contribution in [3.63, 3.8) is 0 Å². The number of para-hydroxylation sites is 1. The van der Waals surface area contributed by atoms with Gasteiger partial charge in [0.2, 0.25) is 5.91 Å². The number of fused-ring (bicyclic) bond motifs is 1. The molecule has 1 aromatic carbocycles. The van der Waals surface area contributed by atoms with Crippen LogP contribution >= 0.6 is 0 Å². The lowest BCUT2D eigenvalue weighted by Gasteiger charge is -2.46. The van der Waals surface area contributed by atoms with E-state index in [4.69, 9.17) is 9.73 Å². The molecule has 7 nitrogen and oxygen atoms in total. The lowest BCUT2D eigenvalue weighted by atomic mass is 9.84. The van der Waals surface area contributed by atoms with E-state index in [1.807, 2.05) is 41.4 Å². The van der Waals surface area contributed by atoms with Crippen molar-refractivity contribution in [1.82, 2.24) is 9.88 Å². The van der Waals surface area contributed by atoms with Crippen LogP contribution in [0.25, 0.3) is 0 Å². The fourth-order valence-corrected chi connectivity index (χ4v) is 5.34.